The van der Waals surface area contributed by atoms with Gasteiger partial charge in [-0.3, -0.25) is 4.79 Å². The van der Waals surface area contributed by atoms with Crippen molar-refractivity contribution in [2.75, 3.05) is 13.7 Å². The van der Waals surface area contributed by atoms with Crippen LogP contribution >= 0.6 is 0 Å². The highest BCUT2D eigenvalue weighted by molar-refractivity contribution is 5.89. The third-order valence-corrected chi connectivity index (χ3v) is 8.00. The first-order chi connectivity index (χ1) is 16.4. The molecule has 0 aliphatic heterocycles. The second-order valence-corrected chi connectivity index (χ2v) is 9.76. The van der Waals surface area contributed by atoms with Crippen molar-refractivity contribution < 1.29 is 24.2 Å². The minimum absolute atomic E-state index is 0.000566. The van der Waals surface area contributed by atoms with E-state index in [1.807, 2.05) is 24.3 Å². The summed E-state index contributed by atoms with van der Waals surface area (Å²) in [4.78, 5) is 38.7. The number of aliphatic carboxylic acids is 1. The summed E-state index contributed by atoms with van der Waals surface area (Å²) in [6.07, 6.45) is 3.15. The Hall–Kier alpha value is -3.35. The molecule has 178 valence electrons. The van der Waals surface area contributed by atoms with Crippen LogP contribution in [0.25, 0.3) is 11.1 Å². The van der Waals surface area contributed by atoms with Gasteiger partial charge in [0.1, 0.15) is 12.1 Å². The molecule has 0 spiro atoms. The number of rotatable bonds is 6. The molecule has 2 saturated carbocycles. The minimum Gasteiger partial charge on any atom is -0.479 e. The summed E-state index contributed by atoms with van der Waals surface area (Å²) >= 11 is 0. The number of amides is 2. The van der Waals surface area contributed by atoms with Crippen molar-refractivity contribution in [3.05, 3.63) is 59.7 Å². The summed E-state index contributed by atoms with van der Waals surface area (Å²) in [6.45, 7) is 0.249. The van der Waals surface area contributed by atoms with Crippen LogP contribution in [0.5, 0.6) is 0 Å². The second-order valence-electron chi connectivity index (χ2n) is 9.76. The third kappa shape index (κ3) is 3.73. The summed E-state index contributed by atoms with van der Waals surface area (Å²) in [6, 6.07) is 16.2. The zero-order valence-electron chi connectivity index (χ0n) is 19.3. The number of alkyl carbamates (subject to hydrolysis) is 1. The first-order valence-corrected chi connectivity index (χ1v) is 12.0. The highest BCUT2D eigenvalue weighted by Crippen LogP contribution is 2.44. The van der Waals surface area contributed by atoms with Crippen LogP contribution in [0.3, 0.4) is 0 Å². The maximum Gasteiger partial charge on any atom is 0.407 e. The van der Waals surface area contributed by atoms with E-state index in [0.717, 1.165) is 17.5 Å². The minimum atomic E-state index is -1.06. The Balaban J connectivity index is 1.16. The first-order valence-electron chi connectivity index (χ1n) is 12.0. The van der Waals surface area contributed by atoms with Crippen LogP contribution in [-0.2, 0) is 14.3 Å². The molecule has 0 saturated heterocycles. The number of carbonyl (C=O) groups excluding carboxylic acids is 2. The number of nitrogens with zero attached hydrogens (tertiary/aromatic N) is 1. The molecule has 34 heavy (non-hydrogen) atoms. The van der Waals surface area contributed by atoms with Gasteiger partial charge in [0, 0.05) is 24.9 Å². The number of fused-ring (bicyclic) bond motifs is 3. The molecular weight excluding hydrogens is 432 g/mol. The molecule has 7 nitrogen and oxygen atoms in total. The Labute approximate surface area is 199 Å². The number of carboxylic acid groups (broad SMARTS) is 1. The van der Waals surface area contributed by atoms with E-state index in [0.29, 0.717) is 32.1 Å². The van der Waals surface area contributed by atoms with Gasteiger partial charge in [0.15, 0.2) is 0 Å². The molecule has 0 radical (unpaired) electrons. The molecule has 2 fully saturated rings. The van der Waals surface area contributed by atoms with Crippen LogP contribution in [0.2, 0.25) is 0 Å². The molecule has 2 N–H and O–H groups in total. The van der Waals surface area contributed by atoms with Crippen LogP contribution in [0.4, 0.5) is 4.79 Å². The second kappa shape index (κ2) is 8.78. The average molecular weight is 463 g/mol. The Kier molecular flexibility index (Phi) is 5.80. The van der Waals surface area contributed by atoms with Crippen molar-refractivity contribution >= 4 is 18.0 Å². The van der Waals surface area contributed by atoms with Gasteiger partial charge in [-0.2, -0.15) is 0 Å². The van der Waals surface area contributed by atoms with Crippen molar-refractivity contribution in [1.82, 2.24) is 10.2 Å². The summed E-state index contributed by atoms with van der Waals surface area (Å²) in [7, 11) is 1.60. The van der Waals surface area contributed by atoms with E-state index < -0.39 is 17.6 Å². The molecule has 2 aromatic carbocycles. The Morgan fingerprint density at radius 3 is 2.21 bits per heavy atom. The number of benzene rings is 2. The largest absolute Gasteiger partial charge is 0.479 e. The highest BCUT2D eigenvalue weighted by Gasteiger charge is 2.51. The van der Waals surface area contributed by atoms with Gasteiger partial charge < -0.3 is 20.1 Å². The lowest BCUT2D eigenvalue weighted by Crippen LogP contribution is -2.60. The molecular formula is C27H30N2O5. The SMILES string of the molecule is CN(C(=O)[C@@H]1CC[C@H](NC(=O)OCC2c3ccccc3-c3ccccc32)C1)C1(C(=O)O)CCC1. The van der Waals surface area contributed by atoms with Crippen molar-refractivity contribution in [2.24, 2.45) is 5.92 Å². The molecule has 2 atom stereocenters. The monoisotopic (exact) mass is 462 g/mol. The normalized spacial score (nSPS) is 22.3. The molecule has 0 heterocycles. The fourth-order valence-electron chi connectivity index (χ4n) is 5.83. The fourth-order valence-corrected chi connectivity index (χ4v) is 5.83. The van der Waals surface area contributed by atoms with E-state index in [4.69, 9.17) is 4.74 Å². The van der Waals surface area contributed by atoms with Gasteiger partial charge in [0.2, 0.25) is 5.91 Å². The number of likely N-dealkylation sites (N-methyl/N-ethyl adjacent to an activating group) is 1. The Bertz CT molecular complexity index is 1080. The quantitative estimate of drug-likeness (QED) is 0.672. The summed E-state index contributed by atoms with van der Waals surface area (Å²) in [5.74, 6) is -1.35. The molecule has 7 heteroatoms. The first kappa shape index (κ1) is 22.4. The highest BCUT2D eigenvalue weighted by atomic mass is 16.5. The Morgan fingerprint density at radius 1 is 1.03 bits per heavy atom. The van der Waals surface area contributed by atoms with Gasteiger partial charge in [-0.1, -0.05) is 48.5 Å². The fraction of sp³-hybridized carbons (Fsp3) is 0.444. The smallest absolute Gasteiger partial charge is 0.407 e. The molecule has 3 aliphatic carbocycles. The number of hydrogen-bond donors (Lipinski definition) is 2. The number of nitrogens with one attached hydrogen (secondary N) is 1. The van der Waals surface area contributed by atoms with Gasteiger partial charge in [-0.25, -0.2) is 9.59 Å². The van der Waals surface area contributed by atoms with Crippen molar-refractivity contribution in [3.63, 3.8) is 0 Å². The standard InChI is InChI=1S/C27H30N2O5/c1-29(27(25(31)32)13-6-14-27)24(30)17-11-12-18(15-17)28-26(33)34-16-23-21-9-4-2-7-19(21)20-8-3-5-10-22(20)23/h2-5,7-10,17-18,23H,6,11-16H2,1H3,(H,28,33)(H,31,32)/t17-,18+/m1/s1. The maximum absolute atomic E-state index is 13.0. The molecule has 2 aromatic rings. The average Bonchev–Trinajstić information content (AvgIpc) is 3.39. The number of carboxylic acids is 1. The van der Waals surface area contributed by atoms with E-state index in [9.17, 15) is 19.5 Å². The molecule has 0 bridgehead atoms. The lowest BCUT2D eigenvalue weighted by molar-refractivity contribution is -0.165. The summed E-state index contributed by atoms with van der Waals surface area (Å²) in [5, 5.41) is 12.5. The number of ether oxygens (including phenoxy) is 1. The van der Waals surface area contributed by atoms with Gasteiger partial charge in [0.25, 0.3) is 0 Å². The van der Waals surface area contributed by atoms with Crippen molar-refractivity contribution in [2.45, 2.75) is 56.0 Å². The number of carbonyl (C=O) groups is 3. The predicted octanol–water partition coefficient (Wildman–Crippen LogP) is 4.16. The molecule has 2 amide bonds. The zero-order valence-corrected chi connectivity index (χ0v) is 19.3. The van der Waals surface area contributed by atoms with Crippen LogP contribution in [0, 0.1) is 5.92 Å². The van der Waals surface area contributed by atoms with Crippen LogP contribution < -0.4 is 5.32 Å². The zero-order chi connectivity index (χ0) is 23.9. The predicted molar refractivity (Wildman–Crippen MR) is 126 cm³/mol. The molecule has 0 unspecified atom stereocenters. The lowest BCUT2D eigenvalue weighted by Gasteiger charge is -2.45. The van der Waals surface area contributed by atoms with E-state index in [2.05, 4.69) is 29.6 Å². The topological polar surface area (TPSA) is 95.9 Å². The van der Waals surface area contributed by atoms with Crippen molar-refractivity contribution in [3.8, 4) is 11.1 Å². The van der Waals surface area contributed by atoms with Gasteiger partial charge in [0.05, 0.1) is 0 Å². The van der Waals surface area contributed by atoms with Crippen LogP contribution in [0.1, 0.15) is 55.6 Å². The van der Waals surface area contributed by atoms with Gasteiger partial charge in [-0.05, 0) is 60.8 Å². The molecule has 3 aliphatic rings. The maximum atomic E-state index is 13.0. The summed E-state index contributed by atoms with van der Waals surface area (Å²) in [5.41, 5.74) is 3.62. The molecule has 5 rings (SSSR count). The summed E-state index contributed by atoms with van der Waals surface area (Å²) < 4.78 is 5.63. The van der Waals surface area contributed by atoms with Crippen LogP contribution in [0.15, 0.2) is 48.5 Å². The van der Waals surface area contributed by atoms with Crippen LogP contribution in [-0.4, -0.2) is 53.2 Å². The Morgan fingerprint density at radius 2 is 1.65 bits per heavy atom. The van der Waals surface area contributed by atoms with Gasteiger partial charge >= 0.3 is 12.1 Å². The van der Waals surface area contributed by atoms with E-state index in [1.54, 1.807) is 7.05 Å². The van der Waals surface area contributed by atoms with E-state index in [-0.39, 0.29) is 30.4 Å². The third-order valence-electron chi connectivity index (χ3n) is 8.00. The molecule has 0 aromatic heterocycles. The lowest BCUT2D eigenvalue weighted by atomic mass is 9.75. The van der Waals surface area contributed by atoms with E-state index >= 15 is 0 Å². The van der Waals surface area contributed by atoms with Gasteiger partial charge in [-0.15, -0.1) is 0 Å². The van der Waals surface area contributed by atoms with Crippen molar-refractivity contribution in [1.29, 1.82) is 0 Å². The number of hydrogen-bond acceptors (Lipinski definition) is 4. The van der Waals surface area contributed by atoms with E-state index in [1.165, 1.54) is 16.0 Å².